The number of carbonyl (C=O) groups excluding carboxylic acids is 2. The van der Waals surface area contributed by atoms with Gasteiger partial charge in [-0.3, -0.25) is 19.8 Å². The Bertz CT molecular complexity index is 1340. The van der Waals surface area contributed by atoms with Crippen LogP contribution < -0.4 is 14.2 Å². The first-order valence-electron chi connectivity index (χ1n) is 12.8. The van der Waals surface area contributed by atoms with Crippen LogP contribution in [0.4, 0.5) is 10.5 Å². The highest BCUT2D eigenvalue weighted by molar-refractivity contribution is 5.90. The summed E-state index contributed by atoms with van der Waals surface area (Å²) in [5, 5.41) is 23.2. The minimum absolute atomic E-state index is 0.0393. The maximum absolute atomic E-state index is 13.2. The smallest absolute Gasteiger partial charge is 0.477 e. The average molecular weight is 507 g/mol. The number of likely N-dealkylation sites (tertiary alicyclic amines) is 1. The summed E-state index contributed by atoms with van der Waals surface area (Å²) in [5.41, 5.74) is -0.293. The van der Waals surface area contributed by atoms with Crippen molar-refractivity contribution in [3.05, 3.63) is 57.6 Å². The maximum Gasteiger partial charge on any atom is 0.519 e. The Labute approximate surface area is 212 Å². The van der Waals surface area contributed by atoms with E-state index in [1.165, 1.54) is 37.1 Å². The van der Waals surface area contributed by atoms with Crippen LogP contribution >= 0.6 is 0 Å². The summed E-state index contributed by atoms with van der Waals surface area (Å²) < 4.78 is 17.0. The zero-order valence-corrected chi connectivity index (χ0v) is 20.1. The summed E-state index contributed by atoms with van der Waals surface area (Å²) in [5.74, 6) is 1.19. The van der Waals surface area contributed by atoms with E-state index in [0.717, 1.165) is 24.2 Å². The number of nitrogens with zero attached hydrogens (tertiary/aromatic N) is 2. The van der Waals surface area contributed by atoms with Gasteiger partial charge in [0.05, 0.1) is 15.9 Å². The van der Waals surface area contributed by atoms with Gasteiger partial charge in [-0.1, -0.05) is 6.07 Å². The first kappa shape index (κ1) is 22.7. The second kappa shape index (κ2) is 7.75. The minimum atomic E-state index is -1.10. The van der Waals surface area contributed by atoms with Gasteiger partial charge in [-0.25, -0.2) is 4.79 Å². The summed E-state index contributed by atoms with van der Waals surface area (Å²) in [7, 11) is 0. The minimum Gasteiger partial charge on any atom is -0.477 e. The predicted molar refractivity (Wildman–Crippen MR) is 128 cm³/mol. The third-order valence-electron chi connectivity index (χ3n) is 8.99. The molecule has 0 aromatic heterocycles. The molecule has 0 amide bonds. The number of hydrogen-bond acceptors (Lipinski definition) is 9. The highest BCUT2D eigenvalue weighted by atomic mass is 16.7. The normalized spacial score (nSPS) is 31.3. The van der Waals surface area contributed by atoms with Gasteiger partial charge in [-0.15, -0.1) is 0 Å². The van der Waals surface area contributed by atoms with Crippen molar-refractivity contribution in [1.29, 1.82) is 0 Å². The van der Waals surface area contributed by atoms with Crippen LogP contribution in [0.25, 0.3) is 0 Å². The Hall–Kier alpha value is -3.50. The first-order chi connectivity index (χ1) is 17.8. The molecule has 1 spiro atoms. The van der Waals surface area contributed by atoms with Crippen molar-refractivity contribution in [2.24, 2.45) is 5.92 Å². The monoisotopic (exact) mass is 506 g/mol. The van der Waals surface area contributed by atoms with Crippen molar-refractivity contribution in [2.45, 2.75) is 61.7 Å². The van der Waals surface area contributed by atoms with Crippen molar-refractivity contribution in [3.8, 4) is 17.2 Å². The lowest BCUT2D eigenvalue weighted by atomic mass is 9.49. The molecule has 4 unspecified atom stereocenters. The number of piperidine rings is 1. The van der Waals surface area contributed by atoms with E-state index >= 15 is 0 Å². The van der Waals surface area contributed by atoms with E-state index < -0.39 is 28.2 Å². The number of rotatable bonds is 5. The van der Waals surface area contributed by atoms with Crippen LogP contribution in [0.3, 0.4) is 0 Å². The van der Waals surface area contributed by atoms with Crippen LogP contribution in [0.1, 0.15) is 43.2 Å². The van der Waals surface area contributed by atoms with Gasteiger partial charge < -0.3 is 19.3 Å². The van der Waals surface area contributed by atoms with Crippen molar-refractivity contribution < 1.29 is 33.8 Å². The number of aliphatic hydroxyl groups is 1. The van der Waals surface area contributed by atoms with E-state index in [2.05, 4.69) is 4.90 Å². The number of benzene rings is 2. The lowest BCUT2D eigenvalue weighted by Gasteiger charge is -2.62. The number of ketones is 1. The number of carbonyl (C=O) groups is 2. The van der Waals surface area contributed by atoms with E-state index in [9.17, 15) is 24.8 Å². The topological polar surface area (TPSA) is 128 Å². The third kappa shape index (κ3) is 3.18. The summed E-state index contributed by atoms with van der Waals surface area (Å²) in [6, 6.07) is 8.53. The van der Waals surface area contributed by atoms with Gasteiger partial charge >= 0.3 is 6.16 Å². The second-order valence-electron chi connectivity index (χ2n) is 10.9. The molecule has 1 saturated heterocycles. The Balaban J connectivity index is 1.22. The molecule has 5 aliphatic rings. The van der Waals surface area contributed by atoms with E-state index in [0.29, 0.717) is 30.9 Å². The number of hydrogen-bond donors (Lipinski definition) is 1. The molecule has 4 atom stereocenters. The molecule has 2 aromatic carbocycles. The number of ether oxygens (including phenoxy) is 3. The largest absolute Gasteiger partial charge is 0.519 e. The molecule has 2 aromatic rings. The summed E-state index contributed by atoms with van der Waals surface area (Å²) in [4.78, 5) is 38.5. The Morgan fingerprint density at radius 1 is 1.16 bits per heavy atom. The highest BCUT2D eigenvalue weighted by Crippen LogP contribution is 2.65. The molecule has 1 N–H and O–H groups in total. The predicted octanol–water partition coefficient (Wildman–Crippen LogP) is 3.31. The SMILES string of the molecule is O=C(Oc1ccc([N+](=O)[O-])cc1)Oc1ccc2c3c1OC1C(=O)CCC4(O)C(C2)N(CC2CC2)CCC314. The lowest BCUT2D eigenvalue weighted by Crippen LogP contribution is -2.76. The van der Waals surface area contributed by atoms with Crippen LogP contribution in [-0.4, -0.2) is 57.7 Å². The molecule has 7 rings (SSSR count). The van der Waals surface area contributed by atoms with Gasteiger partial charge in [0.1, 0.15) is 5.75 Å². The molecule has 3 fully saturated rings. The Kier molecular flexibility index (Phi) is 4.75. The van der Waals surface area contributed by atoms with Crippen LogP contribution in [0.5, 0.6) is 17.2 Å². The molecule has 2 heterocycles. The lowest BCUT2D eigenvalue weighted by molar-refractivity contribution is -0.384. The van der Waals surface area contributed by atoms with E-state index in [-0.39, 0.29) is 35.4 Å². The Morgan fingerprint density at radius 2 is 1.95 bits per heavy atom. The van der Waals surface area contributed by atoms with Crippen molar-refractivity contribution in [3.63, 3.8) is 0 Å². The van der Waals surface area contributed by atoms with Gasteiger partial charge in [0.2, 0.25) is 0 Å². The molecule has 3 aliphatic carbocycles. The fourth-order valence-electron chi connectivity index (χ4n) is 7.18. The first-order valence-corrected chi connectivity index (χ1v) is 12.8. The van der Waals surface area contributed by atoms with Gasteiger partial charge in [0, 0.05) is 36.7 Å². The molecule has 2 saturated carbocycles. The van der Waals surface area contributed by atoms with Gasteiger partial charge in [-0.2, -0.15) is 0 Å². The second-order valence-corrected chi connectivity index (χ2v) is 10.9. The molecule has 192 valence electrons. The summed E-state index contributed by atoms with van der Waals surface area (Å²) in [6.07, 6.45) is 2.49. The third-order valence-corrected chi connectivity index (χ3v) is 8.99. The maximum atomic E-state index is 13.2. The zero-order chi connectivity index (χ0) is 25.5. The summed E-state index contributed by atoms with van der Waals surface area (Å²) in [6.45, 7) is 1.75. The fraction of sp³-hybridized carbons (Fsp3) is 0.481. The van der Waals surface area contributed by atoms with Crippen LogP contribution in [-0.2, 0) is 16.6 Å². The molecule has 0 radical (unpaired) electrons. The van der Waals surface area contributed by atoms with E-state index in [1.807, 2.05) is 6.07 Å². The van der Waals surface area contributed by atoms with E-state index in [4.69, 9.17) is 14.2 Å². The van der Waals surface area contributed by atoms with Crippen LogP contribution in [0.2, 0.25) is 0 Å². The van der Waals surface area contributed by atoms with Crippen molar-refractivity contribution >= 4 is 17.6 Å². The number of nitro benzene ring substituents is 1. The van der Waals surface area contributed by atoms with Crippen LogP contribution in [0, 0.1) is 16.0 Å². The average Bonchev–Trinajstić information content (AvgIpc) is 3.61. The number of nitro groups is 1. The molecule has 10 heteroatoms. The van der Waals surface area contributed by atoms with Gasteiger partial charge in [-0.05, 0) is 68.3 Å². The van der Waals surface area contributed by atoms with Crippen LogP contribution in [0.15, 0.2) is 36.4 Å². The summed E-state index contributed by atoms with van der Waals surface area (Å²) >= 11 is 0. The molecule has 37 heavy (non-hydrogen) atoms. The Morgan fingerprint density at radius 3 is 2.68 bits per heavy atom. The van der Waals surface area contributed by atoms with E-state index in [1.54, 1.807) is 6.07 Å². The highest BCUT2D eigenvalue weighted by Gasteiger charge is 2.73. The molecule has 2 aliphatic heterocycles. The van der Waals surface area contributed by atoms with Crippen molar-refractivity contribution in [1.82, 2.24) is 4.90 Å². The number of non-ortho nitro benzene ring substituents is 1. The van der Waals surface area contributed by atoms with Crippen molar-refractivity contribution in [2.75, 3.05) is 13.1 Å². The van der Waals surface area contributed by atoms with Gasteiger partial charge in [0.15, 0.2) is 23.4 Å². The quantitative estimate of drug-likeness (QED) is 0.281. The molecule has 10 nitrogen and oxygen atoms in total. The standard InChI is InChI=1S/C27H26N2O8/c30-19-9-10-27(32)21-13-16-3-8-20(36-25(31)35-18-6-4-17(5-7-18)29(33)34)23-22(16)26(27,24(19)37-23)11-12-28(21)14-15-1-2-15/h3-8,15,21,24,32H,1-2,9-14H2. The molecule has 2 bridgehead atoms. The molecular weight excluding hydrogens is 480 g/mol. The number of Topliss-reactive ketones (excluding diaryl/α,β-unsaturated/α-hetero) is 1. The van der Waals surface area contributed by atoms with Gasteiger partial charge in [0.25, 0.3) is 5.69 Å². The zero-order valence-electron chi connectivity index (χ0n) is 20.1. The fourth-order valence-corrected chi connectivity index (χ4v) is 7.18. The molecular formula is C27H26N2O8.